The van der Waals surface area contributed by atoms with Crippen LogP contribution < -0.4 is 0 Å². The Morgan fingerprint density at radius 2 is 2.18 bits per heavy atom. The zero-order chi connectivity index (χ0) is 8.69. The van der Waals surface area contributed by atoms with Gasteiger partial charge in [-0.25, -0.2) is 0 Å². The number of carbonyl (C=O) groups is 1. The Balaban J connectivity index is 3.30. The predicted molar refractivity (Wildman–Crippen MR) is 48.9 cm³/mol. The van der Waals surface area contributed by atoms with Crippen molar-refractivity contribution in [1.82, 2.24) is 0 Å². The molecule has 0 saturated heterocycles. The van der Waals surface area contributed by atoms with Gasteiger partial charge < -0.3 is 4.74 Å². The molecule has 0 aromatic heterocycles. The molecule has 1 atom stereocenters. The van der Waals surface area contributed by atoms with E-state index in [-0.39, 0.29) is 5.97 Å². The largest absolute Gasteiger partial charge is 0.464 e. The third-order valence-corrected chi connectivity index (χ3v) is 2.23. The summed E-state index contributed by atoms with van der Waals surface area (Å²) < 4.78 is 4.95. The van der Waals surface area contributed by atoms with E-state index in [2.05, 4.69) is 15.9 Å². The molecule has 0 heterocycles. The number of ether oxygens (including phenoxy) is 1. The standard InChI is InChI=1S/C8H15BrO2/c1-3-5-8(10)11-6-7(9)4-2/h7H,3-6H2,1-2H3. The van der Waals surface area contributed by atoms with Crippen LogP contribution in [0.3, 0.4) is 0 Å². The van der Waals surface area contributed by atoms with Crippen molar-refractivity contribution in [2.75, 3.05) is 6.61 Å². The summed E-state index contributed by atoms with van der Waals surface area (Å²) in [5.41, 5.74) is 0. The van der Waals surface area contributed by atoms with Crippen molar-refractivity contribution in [3.05, 3.63) is 0 Å². The molecule has 0 radical (unpaired) electrons. The van der Waals surface area contributed by atoms with Gasteiger partial charge in [-0.15, -0.1) is 0 Å². The minimum Gasteiger partial charge on any atom is -0.464 e. The lowest BCUT2D eigenvalue weighted by Gasteiger charge is -2.06. The number of carbonyl (C=O) groups excluding carboxylic acids is 1. The van der Waals surface area contributed by atoms with Gasteiger partial charge in [0.2, 0.25) is 0 Å². The van der Waals surface area contributed by atoms with Crippen LogP contribution in [0.5, 0.6) is 0 Å². The van der Waals surface area contributed by atoms with Crippen molar-refractivity contribution in [3.8, 4) is 0 Å². The van der Waals surface area contributed by atoms with Crippen LogP contribution in [0.1, 0.15) is 33.1 Å². The van der Waals surface area contributed by atoms with E-state index in [1.165, 1.54) is 0 Å². The highest BCUT2D eigenvalue weighted by Crippen LogP contribution is 2.05. The maximum Gasteiger partial charge on any atom is 0.305 e. The lowest BCUT2D eigenvalue weighted by Crippen LogP contribution is -2.12. The molecule has 0 aliphatic carbocycles. The van der Waals surface area contributed by atoms with Gasteiger partial charge in [-0.3, -0.25) is 4.79 Å². The van der Waals surface area contributed by atoms with Gasteiger partial charge in [0.1, 0.15) is 6.61 Å². The van der Waals surface area contributed by atoms with E-state index in [1.54, 1.807) is 0 Å². The molecule has 0 aliphatic rings. The Morgan fingerprint density at radius 1 is 1.55 bits per heavy atom. The zero-order valence-electron chi connectivity index (χ0n) is 7.10. The van der Waals surface area contributed by atoms with Gasteiger partial charge >= 0.3 is 5.97 Å². The minimum absolute atomic E-state index is 0.0922. The molecule has 3 heteroatoms. The van der Waals surface area contributed by atoms with Gasteiger partial charge in [0.25, 0.3) is 0 Å². The number of hydrogen-bond donors (Lipinski definition) is 0. The second-order valence-electron chi connectivity index (χ2n) is 2.44. The molecule has 0 N–H and O–H groups in total. The maximum absolute atomic E-state index is 10.8. The van der Waals surface area contributed by atoms with Crippen LogP contribution in [0, 0.1) is 0 Å². The Hall–Kier alpha value is -0.0500. The van der Waals surface area contributed by atoms with Gasteiger partial charge in [0.15, 0.2) is 0 Å². The monoisotopic (exact) mass is 222 g/mol. The number of rotatable bonds is 5. The molecule has 0 rings (SSSR count). The normalized spacial score (nSPS) is 12.6. The first-order valence-electron chi connectivity index (χ1n) is 4.00. The van der Waals surface area contributed by atoms with Crippen molar-refractivity contribution >= 4 is 21.9 Å². The van der Waals surface area contributed by atoms with E-state index < -0.39 is 0 Å². The van der Waals surface area contributed by atoms with Crippen molar-refractivity contribution in [2.45, 2.75) is 37.9 Å². The Labute approximate surface area is 76.4 Å². The quantitative estimate of drug-likeness (QED) is 0.528. The molecule has 0 fully saturated rings. The van der Waals surface area contributed by atoms with Gasteiger partial charge in [-0.2, -0.15) is 0 Å². The SMILES string of the molecule is CCCC(=O)OCC(Br)CC. The molecule has 2 nitrogen and oxygen atoms in total. The summed E-state index contributed by atoms with van der Waals surface area (Å²) in [6, 6.07) is 0. The molecule has 1 unspecified atom stereocenters. The van der Waals surface area contributed by atoms with Gasteiger partial charge in [0.05, 0.1) is 0 Å². The smallest absolute Gasteiger partial charge is 0.305 e. The molecule has 0 aromatic rings. The first-order valence-corrected chi connectivity index (χ1v) is 4.92. The highest BCUT2D eigenvalue weighted by atomic mass is 79.9. The molecule has 66 valence electrons. The van der Waals surface area contributed by atoms with E-state index in [0.717, 1.165) is 12.8 Å². The van der Waals surface area contributed by atoms with E-state index >= 15 is 0 Å². The second kappa shape index (κ2) is 6.65. The van der Waals surface area contributed by atoms with Crippen LogP contribution in [-0.4, -0.2) is 17.4 Å². The lowest BCUT2D eigenvalue weighted by molar-refractivity contribution is -0.143. The summed E-state index contributed by atoms with van der Waals surface area (Å²) in [5, 5.41) is 0. The van der Waals surface area contributed by atoms with E-state index in [9.17, 15) is 4.79 Å². The number of hydrogen-bond acceptors (Lipinski definition) is 2. The van der Waals surface area contributed by atoms with Crippen molar-refractivity contribution in [1.29, 1.82) is 0 Å². The van der Waals surface area contributed by atoms with Crippen LogP contribution in [0.15, 0.2) is 0 Å². The van der Waals surface area contributed by atoms with Crippen molar-refractivity contribution in [2.24, 2.45) is 0 Å². The summed E-state index contributed by atoms with van der Waals surface area (Å²) in [5.74, 6) is -0.0922. The fourth-order valence-corrected chi connectivity index (χ4v) is 0.710. The minimum atomic E-state index is -0.0922. The van der Waals surface area contributed by atoms with Crippen molar-refractivity contribution in [3.63, 3.8) is 0 Å². The highest BCUT2D eigenvalue weighted by Gasteiger charge is 2.04. The second-order valence-corrected chi connectivity index (χ2v) is 3.73. The van der Waals surface area contributed by atoms with E-state index in [1.807, 2.05) is 13.8 Å². The summed E-state index contributed by atoms with van der Waals surface area (Å²) in [6.45, 7) is 4.51. The number of alkyl halides is 1. The van der Waals surface area contributed by atoms with E-state index in [0.29, 0.717) is 17.9 Å². The molecule has 0 aliphatic heterocycles. The summed E-state index contributed by atoms with van der Waals surface area (Å²) in [7, 11) is 0. The van der Waals surface area contributed by atoms with E-state index in [4.69, 9.17) is 4.74 Å². The lowest BCUT2D eigenvalue weighted by atomic mass is 10.3. The molecule has 0 spiro atoms. The molecule has 0 saturated carbocycles. The third kappa shape index (κ3) is 6.35. The third-order valence-electron chi connectivity index (χ3n) is 1.32. The van der Waals surface area contributed by atoms with Gasteiger partial charge in [-0.05, 0) is 12.8 Å². The molecule has 0 amide bonds. The zero-order valence-corrected chi connectivity index (χ0v) is 8.69. The summed E-state index contributed by atoms with van der Waals surface area (Å²) in [6.07, 6.45) is 2.38. The fraction of sp³-hybridized carbons (Fsp3) is 0.875. The molecular formula is C8H15BrO2. The topological polar surface area (TPSA) is 26.3 Å². The van der Waals surface area contributed by atoms with Crippen LogP contribution in [0.25, 0.3) is 0 Å². The molecular weight excluding hydrogens is 208 g/mol. The van der Waals surface area contributed by atoms with Gasteiger partial charge in [0, 0.05) is 11.2 Å². The average Bonchev–Trinajstić information content (AvgIpc) is 2.01. The van der Waals surface area contributed by atoms with Crippen LogP contribution >= 0.6 is 15.9 Å². The highest BCUT2D eigenvalue weighted by molar-refractivity contribution is 9.09. The molecule has 11 heavy (non-hydrogen) atoms. The van der Waals surface area contributed by atoms with Gasteiger partial charge in [-0.1, -0.05) is 29.8 Å². The Bertz CT molecular complexity index is 115. The predicted octanol–water partition coefficient (Wildman–Crippen LogP) is 2.50. The maximum atomic E-state index is 10.8. The summed E-state index contributed by atoms with van der Waals surface area (Å²) in [4.78, 5) is 11.1. The Morgan fingerprint density at radius 3 is 2.64 bits per heavy atom. The van der Waals surface area contributed by atoms with Crippen LogP contribution in [0.2, 0.25) is 0 Å². The average molecular weight is 223 g/mol. The molecule has 0 bridgehead atoms. The number of halogens is 1. The fourth-order valence-electron chi connectivity index (χ4n) is 0.578. The first kappa shape index (κ1) is 11.0. The number of esters is 1. The first-order chi connectivity index (χ1) is 5.20. The summed E-state index contributed by atoms with van der Waals surface area (Å²) >= 11 is 3.38. The van der Waals surface area contributed by atoms with Crippen LogP contribution in [-0.2, 0) is 9.53 Å². The Kier molecular flexibility index (Phi) is 6.62. The van der Waals surface area contributed by atoms with Crippen molar-refractivity contribution < 1.29 is 9.53 Å². The van der Waals surface area contributed by atoms with Crippen LogP contribution in [0.4, 0.5) is 0 Å². The molecule has 0 aromatic carbocycles.